The van der Waals surface area contributed by atoms with Crippen LogP contribution < -0.4 is 0 Å². The molecule has 0 atom stereocenters. The second-order valence-corrected chi connectivity index (χ2v) is 0.0583. The van der Waals surface area contributed by atoms with E-state index in [1.807, 2.05) is 0 Å². The number of halogens is 2. The fourth-order valence-electron chi connectivity index (χ4n) is 0. The molecule has 0 aliphatic carbocycles. The average Bonchev–Trinajstić information content (AvgIpc) is 0.918. The maximum absolute atomic E-state index is 9.12. The quantitative estimate of drug-likeness (QED) is 0.489. The summed E-state index contributed by atoms with van der Waals surface area (Å²) in [4.78, 5) is 0. The van der Waals surface area contributed by atoms with Crippen LogP contribution in [0.2, 0.25) is 0 Å². The first kappa shape index (κ1) is 23.4. The van der Waals surface area contributed by atoms with Crippen molar-refractivity contribution in [1.82, 2.24) is 0 Å². The van der Waals surface area contributed by atoms with Gasteiger partial charge in [0.1, 0.15) is 0 Å². The Morgan fingerprint density at radius 1 is 1.17 bits per heavy atom. The van der Waals surface area contributed by atoms with E-state index in [4.69, 9.17) is 9.05 Å². The second kappa shape index (κ2) is 25.3. The van der Waals surface area contributed by atoms with Crippen LogP contribution in [0.4, 0.5) is 9.05 Å². The summed E-state index contributed by atoms with van der Waals surface area (Å²) in [5, 5.41) is 1.25. The molecule has 6 heavy (non-hydrogen) atoms. The van der Waals surface area contributed by atoms with Crippen molar-refractivity contribution in [2.75, 3.05) is 0 Å². The van der Waals surface area contributed by atoms with Crippen LogP contribution in [0.25, 0.3) is 0 Å². The molecule has 0 saturated carbocycles. The van der Waals surface area contributed by atoms with Gasteiger partial charge >= 0.3 is 0 Å². The van der Waals surface area contributed by atoms with E-state index in [1.165, 1.54) is 5.15 Å². The molecule has 4 radical (unpaired) electrons. The van der Waals surface area contributed by atoms with Gasteiger partial charge in [0.05, 0.1) is 0 Å². The zero-order valence-corrected chi connectivity index (χ0v) is 9.70. The molecule has 0 spiro atoms. The van der Waals surface area contributed by atoms with E-state index < -0.39 is 0 Å². The van der Waals surface area contributed by atoms with Gasteiger partial charge in [-0.2, -0.15) is 0 Å². The van der Waals surface area contributed by atoms with Gasteiger partial charge in [0, 0.05) is 90.5 Å². The molecule has 0 saturated heterocycles. The Balaban J connectivity index is -0.00000000667. The molecule has 0 rings (SSSR count). The zero-order valence-electron chi connectivity index (χ0n) is 3.45. The van der Waals surface area contributed by atoms with Crippen molar-refractivity contribution in [2.24, 2.45) is 0 Å². The molecule has 0 aromatic heterocycles. The minimum Gasteiger partial charge on any atom is -0.0104 e. The second-order valence-electron chi connectivity index (χ2n) is 0.0583. The monoisotopic (exact) mass is 190 g/mol. The third kappa shape index (κ3) is 29.9. The summed E-state index contributed by atoms with van der Waals surface area (Å²) in [5.41, 5.74) is 0. The van der Waals surface area contributed by atoms with Crippen LogP contribution in [-0.2, 0) is 37.9 Å². The molecule has 0 aliphatic rings. The van der Waals surface area contributed by atoms with Crippen LogP contribution in [0.1, 0.15) is 0 Å². The van der Waals surface area contributed by atoms with Crippen LogP contribution in [0.15, 0.2) is 0 Å². The van der Waals surface area contributed by atoms with E-state index in [0.29, 0.717) is 0 Å². The fraction of sp³-hybridized carbons (Fsp3) is 0. The van der Waals surface area contributed by atoms with Crippen LogP contribution in [0.3, 0.4) is 0 Å². The summed E-state index contributed by atoms with van der Waals surface area (Å²) < 4.78 is 18.2. The summed E-state index contributed by atoms with van der Waals surface area (Å²) in [6.07, 6.45) is 0. The largest absolute Gasteiger partial charge is 0.0209 e. The van der Waals surface area contributed by atoms with Gasteiger partial charge in [0.15, 0.2) is 0 Å². The molecule has 0 aromatic rings. The van der Waals surface area contributed by atoms with Crippen LogP contribution >= 0.6 is 0 Å². The minimum atomic E-state index is 0. The Labute approximate surface area is 97.7 Å². The van der Waals surface area contributed by atoms with Crippen LogP contribution in [0, 0.1) is 0 Å². The molecule has 0 heterocycles. The molecule has 0 amide bonds. The normalized spacial score (nSPS) is 3.00. The van der Waals surface area contributed by atoms with Gasteiger partial charge in [-0.25, -0.2) is 0 Å². The van der Waals surface area contributed by atoms with E-state index in [9.17, 15) is 0 Å². The van der Waals surface area contributed by atoms with Crippen molar-refractivity contribution in [1.29, 1.82) is 0 Å². The van der Waals surface area contributed by atoms with Gasteiger partial charge < -0.3 is 0 Å². The van der Waals surface area contributed by atoms with Crippen molar-refractivity contribution in [2.45, 2.75) is 0 Å². The summed E-state index contributed by atoms with van der Waals surface area (Å²) >= 11 is 0. The van der Waals surface area contributed by atoms with Crippen LogP contribution in [0.5, 0.6) is 0 Å². The number of hydrogen-bond donors (Lipinski definition) is 0. The predicted molar refractivity (Wildman–Crippen MR) is 14.8 cm³/mol. The van der Waals surface area contributed by atoms with Crippen molar-refractivity contribution < 1.29 is 46.9 Å². The first-order valence-corrected chi connectivity index (χ1v) is 0.309. The molecule has 0 unspecified atom stereocenters. The van der Waals surface area contributed by atoms with Gasteiger partial charge in [-0.1, -0.05) is 0 Å². The molecular weight excluding hydrogens is 190 g/mol. The molecular formula is F2MgNaOY. The standard InChI is InChI=1S/F2O.Mg.Na.Y/c1-3-2;;;. The maximum atomic E-state index is 9.12. The van der Waals surface area contributed by atoms with E-state index in [2.05, 4.69) is 0 Å². The first-order chi connectivity index (χ1) is 1.41. The summed E-state index contributed by atoms with van der Waals surface area (Å²) in [7, 11) is 0. The Hall–Kier alpha value is 2.69. The van der Waals surface area contributed by atoms with Gasteiger partial charge in [-0.05, 0) is 9.05 Å². The number of rotatable bonds is 0. The van der Waals surface area contributed by atoms with E-state index in [-0.39, 0.29) is 85.3 Å². The molecule has 26 valence electrons. The minimum absolute atomic E-state index is 0. The molecule has 0 aliphatic heterocycles. The summed E-state index contributed by atoms with van der Waals surface area (Å²) in [6, 6.07) is 0. The van der Waals surface area contributed by atoms with Gasteiger partial charge in [0.2, 0.25) is 0 Å². The molecule has 0 bridgehead atoms. The molecule has 0 fully saturated rings. The van der Waals surface area contributed by atoms with Crippen molar-refractivity contribution in [3.05, 3.63) is 0 Å². The van der Waals surface area contributed by atoms with Crippen molar-refractivity contribution in [3.8, 4) is 0 Å². The third-order valence-electron chi connectivity index (χ3n) is 0. The van der Waals surface area contributed by atoms with Gasteiger partial charge in [0.25, 0.3) is 0 Å². The summed E-state index contributed by atoms with van der Waals surface area (Å²) in [5.74, 6) is 0. The molecule has 1 nitrogen and oxygen atoms in total. The Bertz CT molecular complexity index is 13.5. The third-order valence-corrected chi connectivity index (χ3v) is 0. The van der Waals surface area contributed by atoms with Crippen LogP contribution in [-0.4, -0.2) is 52.6 Å². The van der Waals surface area contributed by atoms with Gasteiger partial charge in [-0.3, -0.25) is 0 Å². The maximum Gasteiger partial charge on any atom is 0.0209 e. The predicted octanol–water partition coefficient (Wildman–Crippen LogP) is 0.00790. The van der Waals surface area contributed by atoms with E-state index in [1.54, 1.807) is 0 Å². The molecule has 6 heteroatoms. The van der Waals surface area contributed by atoms with E-state index >= 15 is 0 Å². The first-order valence-electron chi connectivity index (χ1n) is 0.309. The van der Waals surface area contributed by atoms with Crippen molar-refractivity contribution in [3.63, 3.8) is 0 Å². The SMILES string of the molecule is FOF.[Mg].[Na].[Y]. The Morgan fingerprint density at radius 2 is 1.17 bits per heavy atom. The molecule has 0 N–H and O–H groups in total. The van der Waals surface area contributed by atoms with E-state index in [0.717, 1.165) is 0 Å². The number of hydrogen-bond acceptors (Lipinski definition) is 1. The summed E-state index contributed by atoms with van der Waals surface area (Å²) in [6.45, 7) is 0. The fourth-order valence-corrected chi connectivity index (χ4v) is 0. The average molecular weight is 190 g/mol. The Kier molecular flexibility index (Phi) is 98.4. The van der Waals surface area contributed by atoms with Crippen molar-refractivity contribution >= 4 is 52.6 Å². The smallest absolute Gasteiger partial charge is 0.0104 e. The topological polar surface area (TPSA) is 9.23 Å². The Morgan fingerprint density at radius 3 is 1.17 bits per heavy atom. The van der Waals surface area contributed by atoms with Gasteiger partial charge in [-0.15, -0.1) is 0 Å². The zero-order chi connectivity index (χ0) is 2.71. The molecule has 0 aromatic carbocycles.